The van der Waals surface area contributed by atoms with Crippen LogP contribution in [0.1, 0.15) is 24.4 Å². The first-order valence-electron chi connectivity index (χ1n) is 5.96. The molecule has 5 heteroatoms. The number of likely N-dealkylation sites (tertiary alicyclic amines) is 1. The molecule has 2 amide bonds. The van der Waals surface area contributed by atoms with E-state index in [1.807, 2.05) is 17.0 Å². The van der Waals surface area contributed by atoms with Crippen molar-refractivity contribution in [1.82, 2.24) is 15.2 Å². The largest absolute Gasteiger partial charge is 0.333 e. The van der Waals surface area contributed by atoms with Gasteiger partial charge < -0.3 is 10.2 Å². The van der Waals surface area contributed by atoms with Gasteiger partial charge in [-0.05, 0) is 30.5 Å². The van der Waals surface area contributed by atoms with Crippen LogP contribution in [0.4, 0.5) is 4.79 Å². The number of amides is 2. The third-order valence-electron chi connectivity index (χ3n) is 3.04. The van der Waals surface area contributed by atoms with Crippen LogP contribution in [0.15, 0.2) is 35.6 Å². The van der Waals surface area contributed by atoms with E-state index in [9.17, 15) is 4.79 Å². The van der Waals surface area contributed by atoms with Crippen LogP contribution in [0.2, 0.25) is 0 Å². The standard InChI is InChI=1S/C13H16BrN3O/c1-10(14)9-16-13(18)17-8-2-3-12(17)11-4-6-15-7-5-11/h4-7,12H,1-3,8-9H2,(H,16,18). The Morgan fingerprint density at radius 1 is 1.56 bits per heavy atom. The average Bonchev–Trinajstić information content (AvgIpc) is 2.86. The van der Waals surface area contributed by atoms with Crippen molar-refractivity contribution in [2.45, 2.75) is 18.9 Å². The summed E-state index contributed by atoms with van der Waals surface area (Å²) < 4.78 is 0.774. The van der Waals surface area contributed by atoms with E-state index in [4.69, 9.17) is 0 Å². The molecule has 0 aromatic carbocycles. The summed E-state index contributed by atoms with van der Waals surface area (Å²) in [6.07, 6.45) is 5.58. The fourth-order valence-corrected chi connectivity index (χ4v) is 2.36. The number of hydrogen-bond donors (Lipinski definition) is 1. The van der Waals surface area contributed by atoms with Gasteiger partial charge in [-0.2, -0.15) is 0 Å². The molecule has 0 aliphatic carbocycles. The molecule has 0 bridgehead atoms. The summed E-state index contributed by atoms with van der Waals surface area (Å²) in [4.78, 5) is 18.0. The van der Waals surface area contributed by atoms with Crippen molar-refractivity contribution >= 4 is 22.0 Å². The molecule has 1 aliphatic heterocycles. The van der Waals surface area contributed by atoms with Gasteiger partial charge >= 0.3 is 6.03 Å². The van der Waals surface area contributed by atoms with Crippen LogP contribution in [0, 0.1) is 0 Å². The first kappa shape index (κ1) is 13.1. The molecule has 2 rings (SSSR count). The zero-order valence-corrected chi connectivity index (χ0v) is 11.7. The molecule has 1 aliphatic rings. The van der Waals surface area contributed by atoms with Crippen LogP contribution in [0.5, 0.6) is 0 Å². The number of carbonyl (C=O) groups excluding carboxylic acids is 1. The molecule has 1 aromatic heterocycles. The predicted octanol–water partition coefficient (Wildman–Crippen LogP) is 2.84. The highest BCUT2D eigenvalue weighted by atomic mass is 79.9. The average molecular weight is 310 g/mol. The van der Waals surface area contributed by atoms with Gasteiger partial charge in [-0.1, -0.05) is 22.5 Å². The van der Waals surface area contributed by atoms with E-state index >= 15 is 0 Å². The van der Waals surface area contributed by atoms with Crippen molar-refractivity contribution in [1.29, 1.82) is 0 Å². The minimum Gasteiger partial charge on any atom is -0.333 e. The molecule has 0 spiro atoms. The van der Waals surface area contributed by atoms with Gasteiger partial charge in [-0.25, -0.2) is 4.79 Å². The lowest BCUT2D eigenvalue weighted by molar-refractivity contribution is 0.194. The van der Waals surface area contributed by atoms with Crippen LogP contribution in [0.25, 0.3) is 0 Å². The van der Waals surface area contributed by atoms with Crippen LogP contribution in [-0.2, 0) is 0 Å². The Morgan fingerprint density at radius 2 is 2.28 bits per heavy atom. The molecule has 2 heterocycles. The molecule has 18 heavy (non-hydrogen) atoms. The number of halogens is 1. The van der Waals surface area contributed by atoms with Gasteiger partial charge in [0.05, 0.1) is 12.6 Å². The number of nitrogens with one attached hydrogen (secondary N) is 1. The predicted molar refractivity (Wildman–Crippen MR) is 74.4 cm³/mol. The molecular weight excluding hydrogens is 294 g/mol. The van der Waals surface area contributed by atoms with E-state index in [2.05, 4.69) is 32.8 Å². The van der Waals surface area contributed by atoms with Gasteiger partial charge in [0.1, 0.15) is 0 Å². The number of rotatable bonds is 3. The molecule has 1 aromatic rings. The lowest BCUT2D eigenvalue weighted by Gasteiger charge is -2.25. The zero-order chi connectivity index (χ0) is 13.0. The normalized spacial score (nSPS) is 18.7. The van der Waals surface area contributed by atoms with E-state index in [-0.39, 0.29) is 12.1 Å². The number of hydrogen-bond acceptors (Lipinski definition) is 2. The third-order valence-corrected chi connectivity index (χ3v) is 3.32. The first-order valence-corrected chi connectivity index (χ1v) is 6.75. The summed E-state index contributed by atoms with van der Waals surface area (Å²) in [5.74, 6) is 0. The van der Waals surface area contributed by atoms with Gasteiger partial charge in [0.2, 0.25) is 0 Å². The maximum absolute atomic E-state index is 12.1. The molecule has 1 atom stereocenters. The Bertz CT molecular complexity index is 435. The summed E-state index contributed by atoms with van der Waals surface area (Å²) in [6, 6.07) is 4.07. The fraction of sp³-hybridized carbons (Fsp3) is 0.385. The Balaban J connectivity index is 2.03. The highest BCUT2D eigenvalue weighted by molar-refractivity contribution is 9.11. The van der Waals surface area contributed by atoms with Gasteiger partial charge in [0, 0.05) is 23.4 Å². The highest BCUT2D eigenvalue weighted by Crippen LogP contribution is 2.31. The van der Waals surface area contributed by atoms with Gasteiger partial charge in [-0.15, -0.1) is 0 Å². The molecule has 4 nitrogen and oxygen atoms in total. The molecule has 1 unspecified atom stereocenters. The number of carbonyl (C=O) groups is 1. The van der Waals surface area contributed by atoms with Crippen molar-refractivity contribution in [3.8, 4) is 0 Å². The smallest absolute Gasteiger partial charge is 0.318 e. The topological polar surface area (TPSA) is 45.2 Å². The van der Waals surface area contributed by atoms with Crippen LogP contribution in [0.3, 0.4) is 0 Å². The molecular formula is C13H16BrN3O. The molecule has 96 valence electrons. The Labute approximate surface area is 115 Å². The summed E-state index contributed by atoms with van der Waals surface area (Å²) in [5, 5.41) is 2.85. The summed E-state index contributed by atoms with van der Waals surface area (Å²) in [7, 11) is 0. The second kappa shape index (κ2) is 6.00. The molecule has 0 radical (unpaired) electrons. The van der Waals surface area contributed by atoms with Crippen LogP contribution < -0.4 is 5.32 Å². The lowest BCUT2D eigenvalue weighted by Crippen LogP contribution is -2.39. The second-order valence-electron chi connectivity index (χ2n) is 4.31. The van der Waals surface area contributed by atoms with Crippen molar-refractivity contribution in [2.24, 2.45) is 0 Å². The molecule has 1 fully saturated rings. The fourth-order valence-electron chi connectivity index (χ4n) is 2.22. The van der Waals surface area contributed by atoms with Gasteiger partial charge in [0.15, 0.2) is 0 Å². The number of aromatic nitrogens is 1. The molecule has 1 saturated heterocycles. The van der Waals surface area contributed by atoms with Crippen molar-refractivity contribution in [3.63, 3.8) is 0 Å². The quantitative estimate of drug-likeness (QED) is 0.933. The van der Waals surface area contributed by atoms with Gasteiger partial charge in [0.25, 0.3) is 0 Å². The summed E-state index contributed by atoms with van der Waals surface area (Å²) in [6.45, 7) is 4.96. The first-order chi connectivity index (χ1) is 8.68. The second-order valence-corrected chi connectivity index (χ2v) is 5.43. The van der Waals surface area contributed by atoms with Crippen LogP contribution >= 0.6 is 15.9 Å². The summed E-state index contributed by atoms with van der Waals surface area (Å²) in [5.41, 5.74) is 1.15. The van der Waals surface area contributed by atoms with Gasteiger partial charge in [-0.3, -0.25) is 4.98 Å². The highest BCUT2D eigenvalue weighted by Gasteiger charge is 2.29. The maximum atomic E-state index is 12.1. The van der Waals surface area contributed by atoms with Crippen molar-refractivity contribution < 1.29 is 4.79 Å². The monoisotopic (exact) mass is 309 g/mol. The van der Waals surface area contributed by atoms with Crippen molar-refractivity contribution in [2.75, 3.05) is 13.1 Å². The Hall–Kier alpha value is -1.36. The lowest BCUT2D eigenvalue weighted by atomic mass is 10.1. The number of pyridine rings is 1. The number of nitrogens with zero attached hydrogens (tertiary/aromatic N) is 2. The van der Waals surface area contributed by atoms with E-state index in [0.717, 1.165) is 29.4 Å². The Kier molecular flexibility index (Phi) is 4.36. The summed E-state index contributed by atoms with van der Waals surface area (Å²) >= 11 is 3.24. The molecule has 0 saturated carbocycles. The van der Waals surface area contributed by atoms with Crippen LogP contribution in [-0.4, -0.2) is 29.0 Å². The van der Waals surface area contributed by atoms with E-state index in [1.165, 1.54) is 0 Å². The Morgan fingerprint density at radius 3 is 2.94 bits per heavy atom. The minimum absolute atomic E-state index is 0.0325. The molecule has 1 N–H and O–H groups in total. The SMILES string of the molecule is C=C(Br)CNC(=O)N1CCCC1c1ccncc1. The number of urea groups is 1. The van der Waals surface area contributed by atoms with E-state index < -0.39 is 0 Å². The third kappa shape index (κ3) is 3.10. The van der Waals surface area contributed by atoms with E-state index in [0.29, 0.717) is 6.54 Å². The van der Waals surface area contributed by atoms with E-state index in [1.54, 1.807) is 12.4 Å². The maximum Gasteiger partial charge on any atom is 0.318 e. The van der Waals surface area contributed by atoms with Crippen molar-refractivity contribution in [3.05, 3.63) is 41.2 Å². The minimum atomic E-state index is -0.0325. The zero-order valence-electron chi connectivity index (χ0n) is 10.1.